The van der Waals surface area contributed by atoms with Crippen LogP contribution in [0.3, 0.4) is 0 Å². The zero-order valence-corrected chi connectivity index (χ0v) is 14.3. The maximum absolute atomic E-state index is 12.6. The largest absolute Gasteiger partial charge is 0.733 e. The second-order valence-electron chi connectivity index (χ2n) is 6.69. The number of anilines is 1. The molecule has 2 atom stereocenters. The molecule has 1 N–H and O–H groups in total. The van der Waals surface area contributed by atoms with Crippen LogP contribution in [0.15, 0.2) is 34.4 Å². The fourth-order valence-electron chi connectivity index (χ4n) is 3.96. The summed E-state index contributed by atoms with van der Waals surface area (Å²) in [6.07, 6.45) is 1.35. The molecule has 2 bridgehead atoms. The normalized spacial score (nSPS) is 21.8. The summed E-state index contributed by atoms with van der Waals surface area (Å²) in [7, 11) is 0. The highest BCUT2D eigenvalue weighted by Gasteiger charge is 2.36. The van der Waals surface area contributed by atoms with Crippen LogP contribution < -0.4 is 10.8 Å². The molecule has 0 radical (unpaired) electrons. The Balaban J connectivity index is 1.58. The number of nitrogens with zero attached hydrogens (tertiary/aromatic N) is 3. The fraction of sp³-hybridized carbons (Fsp3) is 0.412. The molecule has 2 aliphatic heterocycles. The van der Waals surface area contributed by atoms with Crippen LogP contribution in [-0.2, 0) is 17.8 Å². The van der Waals surface area contributed by atoms with E-state index in [1.165, 1.54) is 6.07 Å². The molecule has 2 aromatic rings. The summed E-state index contributed by atoms with van der Waals surface area (Å²) in [6.45, 7) is 1.67. The van der Waals surface area contributed by atoms with Crippen molar-refractivity contribution in [3.05, 3.63) is 55.8 Å². The number of amides is 1. The summed E-state index contributed by atoms with van der Waals surface area (Å²) in [6, 6.07) is 6.98. The molecule has 7 nitrogen and oxygen atoms in total. The van der Waals surface area contributed by atoms with Crippen molar-refractivity contribution in [2.45, 2.75) is 25.3 Å². The Bertz CT molecular complexity index is 846. The highest BCUT2D eigenvalue weighted by atomic mass is 32.1. The lowest BCUT2D eigenvalue weighted by atomic mass is 9.83. The van der Waals surface area contributed by atoms with Gasteiger partial charge in [0, 0.05) is 36.1 Å². The quantitative estimate of drug-likeness (QED) is 0.843. The third-order valence-electron chi connectivity index (χ3n) is 5.05. The number of carbonyl (C=O) groups is 1. The van der Waals surface area contributed by atoms with Crippen molar-refractivity contribution < 1.29 is 10.0 Å². The minimum atomic E-state index is -0.469. The monoisotopic (exact) mass is 360 g/mol. The van der Waals surface area contributed by atoms with E-state index in [4.69, 9.17) is 5.21 Å². The molecule has 1 saturated heterocycles. The van der Waals surface area contributed by atoms with Crippen molar-refractivity contribution in [1.82, 2.24) is 9.47 Å². The van der Waals surface area contributed by atoms with Gasteiger partial charge in [0.1, 0.15) is 5.69 Å². The molecule has 25 heavy (non-hydrogen) atoms. The lowest BCUT2D eigenvalue weighted by Crippen LogP contribution is -2.49. The molecule has 0 spiro atoms. The number of hydrogen-bond acceptors (Lipinski definition) is 6. The van der Waals surface area contributed by atoms with Gasteiger partial charge in [0.2, 0.25) is 5.91 Å². The molecular weight excluding hydrogens is 342 g/mol. The van der Waals surface area contributed by atoms with E-state index < -0.39 is 5.56 Å². The van der Waals surface area contributed by atoms with Gasteiger partial charge in [0.05, 0.1) is 6.42 Å². The molecule has 1 fully saturated rings. The molecule has 0 aromatic carbocycles. The minimum Gasteiger partial charge on any atom is -0.733 e. The van der Waals surface area contributed by atoms with E-state index in [1.54, 1.807) is 22.0 Å². The van der Waals surface area contributed by atoms with Crippen LogP contribution in [0.1, 0.15) is 22.9 Å². The van der Waals surface area contributed by atoms with Gasteiger partial charge in [0.25, 0.3) is 5.56 Å². The Morgan fingerprint density at radius 1 is 1.32 bits per heavy atom. The lowest BCUT2D eigenvalue weighted by Gasteiger charge is -2.43. The van der Waals surface area contributed by atoms with Gasteiger partial charge in [-0.05, 0) is 35.9 Å². The summed E-state index contributed by atoms with van der Waals surface area (Å²) < 4.78 is 1.58. The van der Waals surface area contributed by atoms with Crippen LogP contribution in [0.4, 0.5) is 5.69 Å². The van der Waals surface area contributed by atoms with E-state index in [0.29, 0.717) is 26.1 Å². The Hall–Kier alpha value is -2.16. The Kier molecular flexibility index (Phi) is 4.10. The third-order valence-corrected chi connectivity index (χ3v) is 5.92. The molecule has 0 saturated carbocycles. The van der Waals surface area contributed by atoms with Crippen LogP contribution in [-0.4, -0.2) is 33.7 Å². The number of rotatable bonds is 3. The molecule has 1 amide bonds. The third kappa shape index (κ3) is 2.97. The van der Waals surface area contributed by atoms with E-state index in [-0.39, 0.29) is 28.7 Å². The number of aromatic nitrogens is 1. The van der Waals surface area contributed by atoms with Gasteiger partial charge < -0.3 is 19.9 Å². The fourth-order valence-corrected chi connectivity index (χ4v) is 4.65. The van der Waals surface area contributed by atoms with Crippen LogP contribution in [0.25, 0.3) is 0 Å². The highest BCUT2D eigenvalue weighted by molar-refractivity contribution is 7.10. The molecule has 4 rings (SSSR count). The highest BCUT2D eigenvalue weighted by Crippen LogP contribution is 2.35. The summed E-state index contributed by atoms with van der Waals surface area (Å²) in [5.41, 5.74) is 0.0953. The molecular formula is C17H18N3O4S-. The first-order valence-electron chi connectivity index (χ1n) is 8.23. The predicted octanol–water partition coefficient (Wildman–Crippen LogP) is 1.79. The molecule has 2 aliphatic rings. The number of hydrogen-bond donors (Lipinski definition) is 1. The topological polar surface area (TPSA) is 88.8 Å². The number of thiophene rings is 1. The SMILES string of the molecule is O=C(Cc1cccs1)N1CC2CC(C1)c1ccc(N([O-])O)c(=O)n1C2. The van der Waals surface area contributed by atoms with Crippen molar-refractivity contribution in [3.63, 3.8) is 0 Å². The average molecular weight is 360 g/mol. The van der Waals surface area contributed by atoms with Crippen LogP contribution in [0.5, 0.6) is 0 Å². The van der Waals surface area contributed by atoms with E-state index in [2.05, 4.69) is 0 Å². The zero-order chi connectivity index (χ0) is 17.6. The average Bonchev–Trinajstić information content (AvgIpc) is 3.08. The van der Waals surface area contributed by atoms with Gasteiger partial charge in [-0.3, -0.25) is 14.8 Å². The lowest BCUT2D eigenvalue weighted by molar-refractivity contribution is -0.133. The molecule has 4 heterocycles. The summed E-state index contributed by atoms with van der Waals surface area (Å²) in [5.74, 6) is 0.385. The van der Waals surface area contributed by atoms with Gasteiger partial charge in [-0.25, -0.2) is 0 Å². The molecule has 2 aromatic heterocycles. The van der Waals surface area contributed by atoms with Crippen molar-refractivity contribution in [2.75, 3.05) is 18.3 Å². The van der Waals surface area contributed by atoms with Crippen LogP contribution >= 0.6 is 11.3 Å². The van der Waals surface area contributed by atoms with Gasteiger partial charge in [-0.2, -0.15) is 0 Å². The number of pyridine rings is 1. The van der Waals surface area contributed by atoms with Crippen LogP contribution in [0, 0.1) is 11.1 Å². The molecule has 0 aliphatic carbocycles. The maximum Gasteiger partial charge on any atom is 0.275 e. The van der Waals surface area contributed by atoms with Gasteiger partial charge in [-0.15, -0.1) is 11.3 Å². The smallest absolute Gasteiger partial charge is 0.275 e. The Labute approximate surface area is 148 Å². The summed E-state index contributed by atoms with van der Waals surface area (Å²) >= 11 is 1.58. The molecule has 8 heteroatoms. The standard InChI is InChI=1S/C17H18N3O4S/c21-16(7-13-2-1-5-25-13)18-8-11-6-12(10-18)14-3-4-15(20(23)24)17(22)19(14)9-11/h1-5,11-12,23H,6-10H2/q-1. The van der Waals surface area contributed by atoms with Gasteiger partial charge in [0.15, 0.2) is 0 Å². The van der Waals surface area contributed by atoms with E-state index >= 15 is 0 Å². The summed E-state index contributed by atoms with van der Waals surface area (Å²) in [4.78, 5) is 27.9. The van der Waals surface area contributed by atoms with Gasteiger partial charge >= 0.3 is 0 Å². The van der Waals surface area contributed by atoms with Crippen molar-refractivity contribution in [2.24, 2.45) is 5.92 Å². The second kappa shape index (κ2) is 6.29. The number of likely N-dealkylation sites (tertiary alicyclic amines) is 1. The Morgan fingerprint density at radius 3 is 2.88 bits per heavy atom. The van der Waals surface area contributed by atoms with E-state index in [0.717, 1.165) is 17.0 Å². The first kappa shape index (κ1) is 16.3. The molecule has 2 unspecified atom stereocenters. The van der Waals surface area contributed by atoms with Crippen LogP contribution in [0.2, 0.25) is 0 Å². The van der Waals surface area contributed by atoms with E-state index in [1.807, 2.05) is 22.4 Å². The predicted molar refractivity (Wildman–Crippen MR) is 93.8 cm³/mol. The summed E-state index contributed by atoms with van der Waals surface area (Å²) in [5, 5.41) is 21.7. The maximum atomic E-state index is 12.6. The van der Waals surface area contributed by atoms with Gasteiger partial charge in [-0.1, -0.05) is 6.07 Å². The zero-order valence-electron chi connectivity index (χ0n) is 13.5. The first-order valence-corrected chi connectivity index (χ1v) is 9.11. The van der Waals surface area contributed by atoms with Crippen molar-refractivity contribution in [1.29, 1.82) is 0 Å². The number of carbonyl (C=O) groups excluding carboxylic acids is 1. The van der Waals surface area contributed by atoms with E-state index in [9.17, 15) is 14.8 Å². The second-order valence-corrected chi connectivity index (χ2v) is 7.72. The van der Waals surface area contributed by atoms with Crippen molar-refractivity contribution >= 4 is 22.9 Å². The van der Waals surface area contributed by atoms with Crippen molar-refractivity contribution in [3.8, 4) is 0 Å². The first-order chi connectivity index (χ1) is 12.0. The minimum absolute atomic E-state index is 0.0836. The Morgan fingerprint density at radius 2 is 2.16 bits per heavy atom. The molecule has 132 valence electrons. The number of piperidine rings is 1. The number of fused-ring (bicyclic) bond motifs is 4.